The molecule has 4 heterocycles. The van der Waals surface area contributed by atoms with Gasteiger partial charge in [-0.05, 0) is 43.3 Å². The van der Waals surface area contributed by atoms with Crippen LogP contribution in [0.3, 0.4) is 0 Å². The third-order valence-corrected chi connectivity index (χ3v) is 6.84. The molecule has 204 valence electrons. The zero-order valence-corrected chi connectivity index (χ0v) is 22.8. The van der Waals surface area contributed by atoms with Gasteiger partial charge in [-0.3, -0.25) is 14.3 Å². The van der Waals surface area contributed by atoms with Crippen LogP contribution < -0.4 is 21.5 Å². The van der Waals surface area contributed by atoms with E-state index in [9.17, 15) is 9.59 Å². The number of aromatic nitrogens is 7. The molecule has 6 aromatic rings. The lowest BCUT2D eigenvalue weighted by atomic mass is 10.2. The van der Waals surface area contributed by atoms with Crippen LogP contribution in [0.25, 0.3) is 27.8 Å². The highest BCUT2D eigenvalue weighted by Crippen LogP contribution is 2.27. The van der Waals surface area contributed by atoms with Gasteiger partial charge in [0.05, 0.1) is 44.7 Å². The number of benzene rings is 2. The van der Waals surface area contributed by atoms with Crippen LogP contribution in [0, 0.1) is 0 Å². The molecule has 0 saturated carbocycles. The molecule has 41 heavy (non-hydrogen) atoms. The van der Waals surface area contributed by atoms with Crippen molar-refractivity contribution < 1.29 is 4.79 Å². The Balaban J connectivity index is 1.41. The van der Waals surface area contributed by atoms with Gasteiger partial charge in [0.1, 0.15) is 17.7 Å². The summed E-state index contributed by atoms with van der Waals surface area (Å²) >= 11 is 12.6. The van der Waals surface area contributed by atoms with Crippen molar-refractivity contribution in [3.05, 3.63) is 99.8 Å². The summed E-state index contributed by atoms with van der Waals surface area (Å²) in [4.78, 5) is 51.1. The van der Waals surface area contributed by atoms with E-state index in [1.54, 1.807) is 48.5 Å². The van der Waals surface area contributed by atoms with Gasteiger partial charge in [0.25, 0.3) is 5.56 Å². The molecule has 0 radical (unpaired) electrons. The fraction of sp³-hybridized carbons (Fsp3) is 0.0741. The fourth-order valence-corrected chi connectivity index (χ4v) is 4.79. The molecule has 12 nitrogen and oxygen atoms in total. The summed E-state index contributed by atoms with van der Waals surface area (Å²) in [5.41, 5.74) is 2.47. The van der Waals surface area contributed by atoms with Gasteiger partial charge in [0, 0.05) is 18.1 Å². The number of H-pyrrole nitrogens is 1. The lowest BCUT2D eigenvalue weighted by Gasteiger charge is -2.21. The van der Waals surface area contributed by atoms with Gasteiger partial charge in [-0.25, -0.2) is 24.7 Å². The van der Waals surface area contributed by atoms with Crippen LogP contribution in [0.2, 0.25) is 10.0 Å². The normalized spacial score (nSPS) is 11.9. The molecule has 0 fully saturated rings. The highest BCUT2D eigenvalue weighted by Gasteiger charge is 2.21. The molecular formula is C27H20Cl2N10O2. The topological polar surface area (TPSA) is 155 Å². The minimum absolute atomic E-state index is 0.270. The van der Waals surface area contributed by atoms with E-state index < -0.39 is 12.1 Å². The number of urea groups is 1. The summed E-state index contributed by atoms with van der Waals surface area (Å²) in [7, 11) is 0. The van der Waals surface area contributed by atoms with Gasteiger partial charge < -0.3 is 20.9 Å². The van der Waals surface area contributed by atoms with Crippen molar-refractivity contribution >= 4 is 68.5 Å². The molecule has 2 amide bonds. The predicted octanol–water partition coefficient (Wildman–Crippen LogP) is 5.57. The third kappa shape index (κ3) is 5.13. The van der Waals surface area contributed by atoms with Gasteiger partial charge in [-0.15, -0.1) is 0 Å². The molecule has 1 atom stereocenters. The second-order valence-electron chi connectivity index (χ2n) is 8.92. The number of imidazole rings is 1. The van der Waals surface area contributed by atoms with Gasteiger partial charge in [-0.2, -0.15) is 0 Å². The van der Waals surface area contributed by atoms with Crippen molar-refractivity contribution in [2.75, 3.05) is 16.0 Å². The molecule has 6 rings (SSSR count). The Kier molecular flexibility index (Phi) is 6.91. The molecule has 2 aromatic carbocycles. The number of halogens is 2. The number of carbonyl (C=O) groups excluding carboxylic acids is 1. The number of amides is 2. The minimum atomic E-state index is -0.523. The van der Waals surface area contributed by atoms with E-state index in [1.807, 2.05) is 6.92 Å². The van der Waals surface area contributed by atoms with E-state index in [4.69, 9.17) is 28.2 Å². The minimum Gasteiger partial charge on any atom is -0.358 e. The largest absolute Gasteiger partial charge is 0.358 e. The highest BCUT2D eigenvalue weighted by atomic mass is 35.5. The maximum atomic E-state index is 14.0. The summed E-state index contributed by atoms with van der Waals surface area (Å²) in [6, 6.07) is 12.5. The Labute approximate surface area is 241 Å². The summed E-state index contributed by atoms with van der Waals surface area (Å²) in [5, 5.41) is 9.60. The number of hydrogen-bond donors (Lipinski definition) is 4. The van der Waals surface area contributed by atoms with Crippen LogP contribution in [0.4, 0.5) is 22.0 Å². The highest BCUT2D eigenvalue weighted by molar-refractivity contribution is 6.35. The van der Waals surface area contributed by atoms with Crippen LogP contribution in [0.15, 0.2) is 78.4 Å². The molecular weight excluding hydrogens is 567 g/mol. The molecule has 14 heteroatoms. The molecule has 4 N–H and O–H groups in total. The van der Waals surface area contributed by atoms with E-state index in [2.05, 4.69) is 40.9 Å². The molecule has 4 aromatic heterocycles. The lowest BCUT2D eigenvalue weighted by Crippen LogP contribution is -2.28. The number of aromatic amines is 1. The molecule has 0 aliphatic rings. The summed E-state index contributed by atoms with van der Waals surface area (Å²) in [6.07, 6.45) is 5.87. The van der Waals surface area contributed by atoms with Gasteiger partial charge >= 0.3 is 6.03 Å². The second kappa shape index (κ2) is 10.8. The van der Waals surface area contributed by atoms with Crippen LogP contribution in [0.1, 0.15) is 18.8 Å². The second-order valence-corrected chi connectivity index (χ2v) is 9.73. The van der Waals surface area contributed by atoms with E-state index >= 15 is 0 Å². The maximum Gasteiger partial charge on any atom is 0.323 e. The van der Waals surface area contributed by atoms with Crippen molar-refractivity contribution in [1.82, 2.24) is 34.5 Å². The average molecular weight is 587 g/mol. The molecule has 0 aliphatic carbocycles. The van der Waals surface area contributed by atoms with E-state index in [1.165, 1.54) is 29.6 Å². The smallest absolute Gasteiger partial charge is 0.323 e. The van der Waals surface area contributed by atoms with Gasteiger partial charge in [-0.1, -0.05) is 35.3 Å². The van der Waals surface area contributed by atoms with Gasteiger partial charge in [0.15, 0.2) is 11.5 Å². The lowest BCUT2D eigenvalue weighted by molar-refractivity contribution is 0.262. The van der Waals surface area contributed by atoms with Crippen molar-refractivity contribution in [2.45, 2.75) is 13.0 Å². The first-order valence-corrected chi connectivity index (χ1v) is 13.0. The quantitative estimate of drug-likeness (QED) is 0.197. The van der Waals surface area contributed by atoms with Crippen molar-refractivity contribution in [3.63, 3.8) is 0 Å². The number of anilines is 3. The van der Waals surface area contributed by atoms with E-state index in [0.29, 0.717) is 50.4 Å². The van der Waals surface area contributed by atoms with Gasteiger partial charge in [0.2, 0.25) is 0 Å². The Morgan fingerprint density at radius 2 is 1.88 bits per heavy atom. The summed E-state index contributed by atoms with van der Waals surface area (Å²) in [6.45, 7) is 1.85. The van der Waals surface area contributed by atoms with Crippen LogP contribution in [-0.2, 0) is 0 Å². The molecule has 0 saturated heterocycles. The Morgan fingerprint density at radius 1 is 1.02 bits per heavy atom. The number of nitrogens with one attached hydrogen (secondary N) is 4. The molecule has 1 unspecified atom stereocenters. The Hall–Kier alpha value is -5.07. The SMILES string of the molecule is CC(Nc1ncnc2nc[nH]c12)c1nc2cccc(Cl)c2c(=O)n1-c1cccc(NC(=O)Nc2ccncc2Cl)c1. The standard InChI is InChI=1S/C27H20Cl2N10O2/c1-14(35-24-22-23(32-12-31-22)33-13-34-24)25-37-20-7-3-6-17(28)21(20)26(40)39(25)16-5-2-4-15(10-16)36-27(41)38-19-8-9-30-11-18(19)29/h2-14H,1H3,(H2,30,36,38,41)(H2,31,32,33,34,35). The molecule has 0 aliphatic heterocycles. The average Bonchev–Trinajstić information content (AvgIpc) is 3.44. The summed E-state index contributed by atoms with van der Waals surface area (Å²) in [5.74, 6) is 0.884. The van der Waals surface area contributed by atoms with Crippen LogP contribution in [0.5, 0.6) is 0 Å². The fourth-order valence-electron chi connectivity index (χ4n) is 4.37. The van der Waals surface area contributed by atoms with E-state index in [-0.39, 0.29) is 16.0 Å². The molecule has 0 spiro atoms. The summed E-state index contributed by atoms with van der Waals surface area (Å²) < 4.78 is 1.46. The number of rotatable bonds is 6. The predicted molar refractivity (Wildman–Crippen MR) is 158 cm³/mol. The Morgan fingerprint density at radius 3 is 2.73 bits per heavy atom. The number of fused-ring (bicyclic) bond motifs is 2. The van der Waals surface area contributed by atoms with Crippen molar-refractivity contribution in [2.24, 2.45) is 0 Å². The number of hydrogen-bond acceptors (Lipinski definition) is 8. The van der Waals surface area contributed by atoms with Crippen LogP contribution in [-0.4, -0.2) is 40.5 Å². The van der Waals surface area contributed by atoms with Crippen molar-refractivity contribution in [1.29, 1.82) is 0 Å². The number of carbonyl (C=O) groups is 1. The maximum absolute atomic E-state index is 14.0. The van der Waals surface area contributed by atoms with E-state index in [0.717, 1.165) is 0 Å². The molecule has 0 bridgehead atoms. The number of nitrogens with zero attached hydrogens (tertiary/aromatic N) is 6. The first kappa shape index (κ1) is 26.2. The van der Waals surface area contributed by atoms with Crippen molar-refractivity contribution in [3.8, 4) is 5.69 Å². The first-order chi connectivity index (χ1) is 19.9. The monoisotopic (exact) mass is 586 g/mol. The first-order valence-electron chi connectivity index (χ1n) is 12.3. The zero-order chi connectivity index (χ0) is 28.5. The Bertz CT molecular complexity index is 1990. The zero-order valence-electron chi connectivity index (χ0n) is 21.3. The number of pyridine rings is 1. The van der Waals surface area contributed by atoms with Crippen LogP contribution >= 0.6 is 23.2 Å². The third-order valence-electron chi connectivity index (χ3n) is 6.22.